The van der Waals surface area contributed by atoms with Crippen LogP contribution >= 0.6 is 0 Å². The van der Waals surface area contributed by atoms with Crippen molar-refractivity contribution in [3.63, 3.8) is 0 Å². The molecule has 0 aliphatic heterocycles. The average Bonchev–Trinajstić information content (AvgIpc) is 3.00. The zero-order valence-electron chi connectivity index (χ0n) is 11.0. The van der Waals surface area contributed by atoms with Crippen LogP contribution < -0.4 is 5.32 Å². The van der Waals surface area contributed by atoms with Gasteiger partial charge in [-0.3, -0.25) is 0 Å². The number of imidazole rings is 1. The smallest absolute Gasteiger partial charge is 0.192 e. The Balaban J connectivity index is 1.92. The maximum absolute atomic E-state index is 5.54. The first-order chi connectivity index (χ1) is 9.26. The number of hydrogen-bond donors (Lipinski definition) is 2. The maximum Gasteiger partial charge on any atom is 0.192 e. The van der Waals surface area contributed by atoms with Gasteiger partial charge < -0.3 is 14.7 Å². The molecule has 5 nitrogen and oxygen atoms in total. The molecule has 3 aromatic rings. The molecule has 0 saturated carbocycles. The lowest BCUT2D eigenvalue weighted by molar-refractivity contribution is 0.561. The molecule has 0 aliphatic rings. The number of nitrogens with one attached hydrogen (secondary N) is 2. The molecule has 1 aromatic carbocycles. The molecule has 0 unspecified atom stereocenters. The third-order valence-electron chi connectivity index (χ3n) is 2.98. The third kappa shape index (κ3) is 2.37. The van der Waals surface area contributed by atoms with E-state index >= 15 is 0 Å². The van der Waals surface area contributed by atoms with Crippen LogP contribution in [0.3, 0.4) is 0 Å². The molecule has 0 atom stereocenters. The molecule has 3 rings (SSSR count). The number of fused-ring (bicyclic) bond motifs is 1. The Morgan fingerprint density at radius 3 is 3.11 bits per heavy atom. The second-order valence-electron chi connectivity index (χ2n) is 4.44. The summed E-state index contributed by atoms with van der Waals surface area (Å²) in [6.45, 7) is 5.61. The van der Waals surface area contributed by atoms with Gasteiger partial charge in [-0.05, 0) is 18.7 Å². The predicted molar refractivity (Wildman–Crippen MR) is 73.7 cm³/mol. The Bertz CT molecular complexity index is 698. The average molecular weight is 256 g/mol. The van der Waals surface area contributed by atoms with Crippen LogP contribution in [0.2, 0.25) is 0 Å². The SMILES string of the molecule is CCNCc1ncc(-c2ccc3nc(C)oc3c2)[nH]1. The minimum absolute atomic E-state index is 0.685. The van der Waals surface area contributed by atoms with Crippen molar-refractivity contribution in [3.8, 4) is 11.3 Å². The lowest BCUT2D eigenvalue weighted by Gasteiger charge is -1.98. The Kier molecular flexibility index (Phi) is 3.05. The quantitative estimate of drug-likeness (QED) is 0.753. The van der Waals surface area contributed by atoms with Gasteiger partial charge in [0, 0.05) is 12.5 Å². The summed E-state index contributed by atoms with van der Waals surface area (Å²) in [7, 11) is 0. The highest BCUT2D eigenvalue weighted by atomic mass is 16.3. The molecule has 2 heterocycles. The second kappa shape index (κ2) is 4.85. The third-order valence-corrected chi connectivity index (χ3v) is 2.98. The maximum atomic E-state index is 5.54. The van der Waals surface area contributed by atoms with Crippen molar-refractivity contribution >= 4 is 11.1 Å². The summed E-state index contributed by atoms with van der Waals surface area (Å²) < 4.78 is 5.54. The fraction of sp³-hybridized carbons (Fsp3) is 0.286. The molecule has 2 aromatic heterocycles. The first-order valence-electron chi connectivity index (χ1n) is 6.38. The van der Waals surface area contributed by atoms with Crippen molar-refractivity contribution in [2.45, 2.75) is 20.4 Å². The van der Waals surface area contributed by atoms with Gasteiger partial charge in [0.15, 0.2) is 11.5 Å². The van der Waals surface area contributed by atoms with E-state index in [9.17, 15) is 0 Å². The fourth-order valence-corrected chi connectivity index (χ4v) is 2.05. The topological polar surface area (TPSA) is 66.7 Å². The first-order valence-corrected chi connectivity index (χ1v) is 6.38. The number of nitrogens with zero attached hydrogens (tertiary/aromatic N) is 2. The van der Waals surface area contributed by atoms with Gasteiger partial charge in [0.1, 0.15) is 11.3 Å². The highest BCUT2D eigenvalue weighted by molar-refractivity contribution is 5.79. The number of oxazole rings is 1. The number of aryl methyl sites for hydroxylation is 1. The van der Waals surface area contributed by atoms with Gasteiger partial charge in [-0.25, -0.2) is 9.97 Å². The van der Waals surface area contributed by atoms with Crippen LogP contribution in [0.1, 0.15) is 18.6 Å². The van der Waals surface area contributed by atoms with Crippen LogP contribution in [-0.2, 0) is 6.54 Å². The monoisotopic (exact) mass is 256 g/mol. The molecule has 19 heavy (non-hydrogen) atoms. The Labute approximate surface area is 111 Å². The second-order valence-corrected chi connectivity index (χ2v) is 4.44. The lowest BCUT2D eigenvalue weighted by Crippen LogP contribution is -2.12. The number of hydrogen-bond acceptors (Lipinski definition) is 4. The molecule has 98 valence electrons. The number of aromatic amines is 1. The standard InChI is InChI=1S/C14H16N4O/c1-3-15-8-14-16-7-12(18-14)10-4-5-11-13(6-10)19-9(2)17-11/h4-7,15H,3,8H2,1-2H3,(H,16,18). The van der Waals surface area contributed by atoms with Gasteiger partial charge in [0.2, 0.25) is 0 Å². The van der Waals surface area contributed by atoms with E-state index < -0.39 is 0 Å². The van der Waals surface area contributed by atoms with Crippen LogP contribution in [-0.4, -0.2) is 21.5 Å². The van der Waals surface area contributed by atoms with Crippen molar-refractivity contribution in [3.05, 3.63) is 36.1 Å². The minimum atomic E-state index is 0.685. The number of rotatable bonds is 4. The number of benzene rings is 1. The van der Waals surface area contributed by atoms with Gasteiger partial charge in [0.25, 0.3) is 0 Å². The molecule has 0 bridgehead atoms. The normalized spacial score (nSPS) is 11.3. The summed E-state index contributed by atoms with van der Waals surface area (Å²) >= 11 is 0. The largest absolute Gasteiger partial charge is 0.441 e. The van der Waals surface area contributed by atoms with Crippen molar-refractivity contribution in [1.82, 2.24) is 20.3 Å². The summed E-state index contributed by atoms with van der Waals surface area (Å²) in [5.74, 6) is 1.62. The minimum Gasteiger partial charge on any atom is -0.441 e. The Hall–Kier alpha value is -2.14. The van der Waals surface area contributed by atoms with Gasteiger partial charge in [-0.2, -0.15) is 0 Å². The molecule has 0 radical (unpaired) electrons. The van der Waals surface area contributed by atoms with Crippen molar-refractivity contribution in [1.29, 1.82) is 0 Å². The van der Waals surface area contributed by atoms with Crippen LogP contribution in [0, 0.1) is 6.92 Å². The summed E-state index contributed by atoms with van der Waals surface area (Å²) in [5.41, 5.74) is 3.73. The highest BCUT2D eigenvalue weighted by Crippen LogP contribution is 2.23. The van der Waals surface area contributed by atoms with Crippen molar-refractivity contribution < 1.29 is 4.42 Å². The van der Waals surface area contributed by atoms with E-state index in [1.165, 1.54) is 0 Å². The molecular formula is C14H16N4O. The molecule has 5 heteroatoms. The van der Waals surface area contributed by atoms with Gasteiger partial charge in [-0.1, -0.05) is 13.0 Å². The molecule has 2 N–H and O–H groups in total. The van der Waals surface area contributed by atoms with Crippen molar-refractivity contribution in [2.75, 3.05) is 6.54 Å². The van der Waals surface area contributed by atoms with E-state index in [-0.39, 0.29) is 0 Å². The zero-order valence-corrected chi connectivity index (χ0v) is 11.0. The number of H-pyrrole nitrogens is 1. The van der Waals surface area contributed by atoms with E-state index in [1.807, 2.05) is 31.3 Å². The van der Waals surface area contributed by atoms with Crippen LogP contribution in [0.4, 0.5) is 0 Å². The Morgan fingerprint density at radius 2 is 2.26 bits per heavy atom. The summed E-state index contributed by atoms with van der Waals surface area (Å²) in [5, 5.41) is 3.24. The summed E-state index contributed by atoms with van der Waals surface area (Å²) in [4.78, 5) is 11.9. The molecule has 0 fully saturated rings. The highest BCUT2D eigenvalue weighted by Gasteiger charge is 2.07. The summed E-state index contributed by atoms with van der Waals surface area (Å²) in [6.07, 6.45) is 1.84. The van der Waals surface area contributed by atoms with E-state index in [2.05, 4.69) is 27.2 Å². The summed E-state index contributed by atoms with van der Waals surface area (Å²) in [6, 6.07) is 5.97. The molecular weight excluding hydrogens is 240 g/mol. The van der Waals surface area contributed by atoms with Crippen LogP contribution in [0.15, 0.2) is 28.8 Å². The Morgan fingerprint density at radius 1 is 1.37 bits per heavy atom. The van der Waals surface area contributed by atoms with E-state index in [0.717, 1.165) is 41.3 Å². The zero-order chi connectivity index (χ0) is 13.2. The van der Waals surface area contributed by atoms with Crippen LogP contribution in [0.25, 0.3) is 22.4 Å². The van der Waals surface area contributed by atoms with Crippen molar-refractivity contribution in [2.24, 2.45) is 0 Å². The lowest BCUT2D eigenvalue weighted by atomic mass is 10.1. The fourth-order valence-electron chi connectivity index (χ4n) is 2.05. The van der Waals surface area contributed by atoms with Gasteiger partial charge in [-0.15, -0.1) is 0 Å². The molecule has 0 amide bonds. The molecule has 0 spiro atoms. The van der Waals surface area contributed by atoms with Gasteiger partial charge in [0.05, 0.1) is 18.4 Å². The molecule has 0 saturated heterocycles. The first kappa shape index (κ1) is 11.9. The predicted octanol–water partition coefficient (Wildman–Crippen LogP) is 2.64. The van der Waals surface area contributed by atoms with Crippen LogP contribution in [0.5, 0.6) is 0 Å². The van der Waals surface area contributed by atoms with E-state index in [4.69, 9.17) is 4.42 Å². The molecule has 0 aliphatic carbocycles. The number of aromatic nitrogens is 3. The van der Waals surface area contributed by atoms with E-state index in [0.29, 0.717) is 5.89 Å². The van der Waals surface area contributed by atoms with Gasteiger partial charge >= 0.3 is 0 Å². The van der Waals surface area contributed by atoms with E-state index in [1.54, 1.807) is 0 Å².